The maximum absolute atomic E-state index is 5.56. The molecule has 0 amide bonds. The number of nitrogens with two attached hydrogens (primary N) is 1. The summed E-state index contributed by atoms with van der Waals surface area (Å²) in [6.45, 7) is 8.46. The number of hydrogen-bond acceptors (Lipinski definition) is 3. The van der Waals surface area contributed by atoms with Crippen LogP contribution >= 0.6 is 0 Å². The van der Waals surface area contributed by atoms with Gasteiger partial charge in [0.15, 0.2) is 0 Å². The molecular weight excluding hydrogens is 166 g/mol. The second-order valence-corrected chi connectivity index (χ2v) is 4.49. The molecule has 0 aliphatic carbocycles. The first-order chi connectivity index (χ1) is 5.99. The van der Waals surface area contributed by atoms with Gasteiger partial charge in [0.05, 0.1) is 12.7 Å². The lowest BCUT2D eigenvalue weighted by atomic mass is 9.93. The Bertz CT molecular complexity index is 121. The highest BCUT2D eigenvalue weighted by molar-refractivity contribution is 4.62. The third kappa shape index (κ3) is 8.22. The predicted octanol–water partition coefficient (Wildman–Crippen LogP) is 1.41. The van der Waals surface area contributed by atoms with Gasteiger partial charge in [0.1, 0.15) is 0 Å². The van der Waals surface area contributed by atoms with E-state index in [4.69, 9.17) is 15.2 Å². The van der Waals surface area contributed by atoms with Crippen LogP contribution in [0.2, 0.25) is 0 Å². The smallest absolute Gasteiger partial charge is 0.0930 e. The second kappa shape index (κ2) is 6.35. The summed E-state index contributed by atoms with van der Waals surface area (Å²) in [7, 11) is 1.66. The summed E-state index contributed by atoms with van der Waals surface area (Å²) in [4.78, 5) is 0. The van der Waals surface area contributed by atoms with Gasteiger partial charge in [0.2, 0.25) is 0 Å². The molecule has 0 rings (SSSR count). The molecule has 80 valence electrons. The molecule has 0 radical (unpaired) electrons. The van der Waals surface area contributed by atoms with E-state index in [1.54, 1.807) is 7.11 Å². The lowest BCUT2D eigenvalue weighted by Crippen LogP contribution is -2.29. The van der Waals surface area contributed by atoms with E-state index in [1.165, 1.54) is 0 Å². The van der Waals surface area contributed by atoms with Crippen LogP contribution in [0.15, 0.2) is 0 Å². The fourth-order valence-corrected chi connectivity index (χ4v) is 0.902. The topological polar surface area (TPSA) is 44.5 Å². The first-order valence-corrected chi connectivity index (χ1v) is 4.80. The van der Waals surface area contributed by atoms with E-state index in [1.807, 2.05) is 0 Å². The van der Waals surface area contributed by atoms with Gasteiger partial charge in [-0.2, -0.15) is 0 Å². The van der Waals surface area contributed by atoms with Crippen molar-refractivity contribution in [2.45, 2.75) is 33.3 Å². The van der Waals surface area contributed by atoms with Gasteiger partial charge >= 0.3 is 0 Å². The first-order valence-electron chi connectivity index (χ1n) is 4.80. The van der Waals surface area contributed by atoms with Gasteiger partial charge < -0.3 is 15.2 Å². The zero-order valence-electron chi connectivity index (χ0n) is 9.30. The van der Waals surface area contributed by atoms with E-state index in [-0.39, 0.29) is 6.10 Å². The molecule has 13 heavy (non-hydrogen) atoms. The number of methoxy groups -OCH3 is 1. The highest BCUT2D eigenvalue weighted by Crippen LogP contribution is 2.18. The molecule has 0 fully saturated rings. The molecule has 0 spiro atoms. The molecule has 0 aromatic carbocycles. The van der Waals surface area contributed by atoms with Gasteiger partial charge in [0, 0.05) is 20.3 Å². The van der Waals surface area contributed by atoms with Crippen LogP contribution in [0.1, 0.15) is 27.2 Å². The quantitative estimate of drug-likeness (QED) is 0.687. The van der Waals surface area contributed by atoms with Crippen LogP contribution in [0.25, 0.3) is 0 Å². The molecule has 1 atom stereocenters. The van der Waals surface area contributed by atoms with Gasteiger partial charge in [-0.25, -0.2) is 0 Å². The van der Waals surface area contributed by atoms with E-state index >= 15 is 0 Å². The Kier molecular flexibility index (Phi) is 6.29. The average molecular weight is 189 g/mol. The summed E-state index contributed by atoms with van der Waals surface area (Å²) in [5.41, 5.74) is 5.83. The maximum Gasteiger partial charge on any atom is 0.0930 e. The minimum Gasteiger partial charge on any atom is -0.382 e. The molecule has 1 unspecified atom stereocenters. The molecular formula is C10H23NO2. The molecule has 3 nitrogen and oxygen atoms in total. The standard InChI is InChI=1S/C10H23NO2/c1-10(2,3)5-6-13-9(7-11)8-12-4/h9H,5-8,11H2,1-4H3. The van der Waals surface area contributed by atoms with Crippen LogP contribution in [-0.2, 0) is 9.47 Å². The van der Waals surface area contributed by atoms with Crippen molar-refractivity contribution < 1.29 is 9.47 Å². The number of hydrogen-bond donors (Lipinski definition) is 1. The van der Waals surface area contributed by atoms with Crippen molar-refractivity contribution in [3.05, 3.63) is 0 Å². The van der Waals surface area contributed by atoms with E-state index in [0.29, 0.717) is 18.6 Å². The van der Waals surface area contributed by atoms with Crippen LogP contribution in [-0.4, -0.2) is 33.0 Å². The van der Waals surface area contributed by atoms with Crippen molar-refractivity contribution >= 4 is 0 Å². The van der Waals surface area contributed by atoms with Gasteiger partial charge in [0.25, 0.3) is 0 Å². The highest BCUT2D eigenvalue weighted by Gasteiger charge is 2.12. The van der Waals surface area contributed by atoms with E-state index in [9.17, 15) is 0 Å². The van der Waals surface area contributed by atoms with Gasteiger partial charge in [-0.3, -0.25) is 0 Å². The van der Waals surface area contributed by atoms with Crippen molar-refractivity contribution in [2.24, 2.45) is 11.1 Å². The molecule has 0 aromatic rings. The largest absolute Gasteiger partial charge is 0.382 e. The zero-order valence-corrected chi connectivity index (χ0v) is 9.30. The van der Waals surface area contributed by atoms with Gasteiger partial charge in [-0.15, -0.1) is 0 Å². The minimum absolute atomic E-state index is 0.0485. The SMILES string of the molecule is COCC(CN)OCCC(C)(C)C. The summed E-state index contributed by atoms with van der Waals surface area (Å²) >= 11 is 0. The maximum atomic E-state index is 5.56. The summed E-state index contributed by atoms with van der Waals surface area (Å²) < 4.78 is 10.5. The third-order valence-electron chi connectivity index (χ3n) is 1.82. The van der Waals surface area contributed by atoms with Gasteiger partial charge in [-0.1, -0.05) is 20.8 Å². The summed E-state index contributed by atoms with van der Waals surface area (Å²) in [5, 5.41) is 0. The Morgan fingerprint density at radius 3 is 2.31 bits per heavy atom. The Hall–Kier alpha value is -0.120. The fourth-order valence-electron chi connectivity index (χ4n) is 0.902. The minimum atomic E-state index is 0.0485. The average Bonchev–Trinajstić information content (AvgIpc) is 2.01. The lowest BCUT2D eigenvalue weighted by molar-refractivity contribution is -0.00532. The van der Waals surface area contributed by atoms with Gasteiger partial charge in [-0.05, 0) is 11.8 Å². The van der Waals surface area contributed by atoms with Crippen molar-refractivity contribution in [3.63, 3.8) is 0 Å². The molecule has 0 heterocycles. The van der Waals surface area contributed by atoms with Crippen molar-refractivity contribution in [1.29, 1.82) is 0 Å². The number of rotatable bonds is 6. The summed E-state index contributed by atoms with van der Waals surface area (Å²) in [5.74, 6) is 0. The second-order valence-electron chi connectivity index (χ2n) is 4.49. The molecule has 0 saturated heterocycles. The normalized spacial score (nSPS) is 14.5. The van der Waals surface area contributed by atoms with Crippen LogP contribution in [0.4, 0.5) is 0 Å². The molecule has 0 aliphatic heterocycles. The summed E-state index contributed by atoms with van der Waals surface area (Å²) in [6, 6.07) is 0. The Balaban J connectivity index is 3.49. The third-order valence-corrected chi connectivity index (χ3v) is 1.82. The Morgan fingerprint density at radius 2 is 1.92 bits per heavy atom. The lowest BCUT2D eigenvalue weighted by Gasteiger charge is -2.20. The summed E-state index contributed by atoms with van der Waals surface area (Å²) in [6.07, 6.45) is 1.10. The van der Waals surface area contributed by atoms with E-state index in [0.717, 1.165) is 13.0 Å². The predicted molar refractivity (Wildman–Crippen MR) is 54.7 cm³/mol. The van der Waals surface area contributed by atoms with Crippen molar-refractivity contribution in [2.75, 3.05) is 26.9 Å². The van der Waals surface area contributed by atoms with Crippen LogP contribution in [0.5, 0.6) is 0 Å². The fraction of sp³-hybridized carbons (Fsp3) is 1.00. The van der Waals surface area contributed by atoms with E-state index < -0.39 is 0 Å². The molecule has 0 bridgehead atoms. The molecule has 0 aromatic heterocycles. The first kappa shape index (κ1) is 12.9. The Morgan fingerprint density at radius 1 is 1.31 bits per heavy atom. The van der Waals surface area contributed by atoms with Crippen LogP contribution in [0.3, 0.4) is 0 Å². The molecule has 0 aliphatic rings. The van der Waals surface area contributed by atoms with E-state index in [2.05, 4.69) is 20.8 Å². The highest BCUT2D eigenvalue weighted by atomic mass is 16.5. The molecule has 0 saturated carbocycles. The number of ether oxygens (including phenoxy) is 2. The van der Waals surface area contributed by atoms with Crippen molar-refractivity contribution in [3.8, 4) is 0 Å². The Labute approximate surface area is 81.6 Å². The van der Waals surface area contributed by atoms with Crippen LogP contribution < -0.4 is 5.73 Å². The molecule has 2 N–H and O–H groups in total. The van der Waals surface area contributed by atoms with Crippen LogP contribution in [0, 0.1) is 5.41 Å². The monoisotopic (exact) mass is 189 g/mol. The zero-order chi connectivity index (χ0) is 10.3. The van der Waals surface area contributed by atoms with Crippen molar-refractivity contribution in [1.82, 2.24) is 0 Å². The molecule has 3 heteroatoms.